The Hall–Kier alpha value is -2.24. The van der Waals surface area contributed by atoms with E-state index in [1.807, 2.05) is 0 Å². The number of amides is 1. The molecule has 22 heavy (non-hydrogen) atoms. The number of ether oxygens (including phenoxy) is 2. The molecule has 1 unspecified atom stereocenters. The quantitative estimate of drug-likeness (QED) is 0.901. The van der Waals surface area contributed by atoms with Crippen molar-refractivity contribution in [2.45, 2.75) is 19.8 Å². The van der Waals surface area contributed by atoms with Crippen LogP contribution >= 0.6 is 0 Å². The zero-order chi connectivity index (χ0) is 15.7. The molecule has 6 heteroatoms. The van der Waals surface area contributed by atoms with Crippen LogP contribution in [0, 0.1) is 5.41 Å². The third-order valence-corrected chi connectivity index (χ3v) is 4.27. The molecule has 1 amide bonds. The number of likely N-dealkylation sites (tertiary alicyclic amines) is 1. The number of carboxylic acids is 1. The van der Waals surface area contributed by atoms with E-state index in [2.05, 4.69) is 0 Å². The van der Waals surface area contributed by atoms with Crippen LogP contribution in [0.25, 0.3) is 0 Å². The average molecular weight is 305 g/mol. The summed E-state index contributed by atoms with van der Waals surface area (Å²) < 4.78 is 11.1. The van der Waals surface area contributed by atoms with Crippen molar-refractivity contribution in [3.63, 3.8) is 0 Å². The number of fused-ring (bicyclic) bond motifs is 1. The summed E-state index contributed by atoms with van der Waals surface area (Å²) in [6, 6.07) is 5.12. The molecule has 2 heterocycles. The molecule has 6 nitrogen and oxygen atoms in total. The average Bonchev–Trinajstić information content (AvgIpc) is 2.77. The van der Waals surface area contributed by atoms with Gasteiger partial charge in [-0.05, 0) is 31.5 Å². The summed E-state index contributed by atoms with van der Waals surface area (Å²) in [5.74, 6) is 0.191. The first-order valence-electron chi connectivity index (χ1n) is 7.42. The Labute approximate surface area is 128 Å². The standard InChI is InChI=1S/C16H19NO5/c1-16(15(19)20)5-6-17(10-16)14(18)11-3-4-12-13(9-11)22-8-2-7-21-12/h3-4,9H,2,5-8,10H2,1H3,(H,19,20). The molecule has 0 bridgehead atoms. The maximum Gasteiger partial charge on any atom is 0.311 e. The summed E-state index contributed by atoms with van der Waals surface area (Å²) in [6.45, 7) is 3.52. The van der Waals surface area contributed by atoms with Crippen molar-refractivity contribution in [2.75, 3.05) is 26.3 Å². The highest BCUT2D eigenvalue weighted by molar-refractivity contribution is 5.95. The van der Waals surface area contributed by atoms with E-state index < -0.39 is 11.4 Å². The molecular weight excluding hydrogens is 286 g/mol. The van der Waals surface area contributed by atoms with Crippen LogP contribution in [0.4, 0.5) is 0 Å². The molecular formula is C16H19NO5. The summed E-state index contributed by atoms with van der Waals surface area (Å²) in [5, 5.41) is 9.26. The van der Waals surface area contributed by atoms with Crippen LogP contribution < -0.4 is 9.47 Å². The molecule has 2 aliphatic rings. The number of hydrogen-bond acceptors (Lipinski definition) is 4. The minimum Gasteiger partial charge on any atom is -0.490 e. The van der Waals surface area contributed by atoms with Gasteiger partial charge in [0.2, 0.25) is 0 Å². The number of nitrogens with zero attached hydrogens (tertiary/aromatic N) is 1. The first-order chi connectivity index (χ1) is 10.5. The number of carbonyl (C=O) groups excluding carboxylic acids is 1. The van der Waals surface area contributed by atoms with Crippen LogP contribution in [0.1, 0.15) is 30.1 Å². The number of carbonyl (C=O) groups is 2. The lowest BCUT2D eigenvalue weighted by Gasteiger charge is -2.20. The molecule has 1 aromatic carbocycles. The summed E-state index contributed by atoms with van der Waals surface area (Å²) in [6.07, 6.45) is 1.28. The summed E-state index contributed by atoms with van der Waals surface area (Å²) in [5.41, 5.74) is -0.361. The highest BCUT2D eigenvalue weighted by Gasteiger charge is 2.42. The molecule has 1 fully saturated rings. The lowest BCUT2D eigenvalue weighted by atomic mass is 9.90. The van der Waals surface area contributed by atoms with Gasteiger partial charge in [0.25, 0.3) is 5.91 Å². The topological polar surface area (TPSA) is 76.1 Å². The molecule has 0 radical (unpaired) electrons. The second-order valence-corrected chi connectivity index (χ2v) is 6.05. The van der Waals surface area contributed by atoms with Gasteiger partial charge in [0, 0.05) is 25.1 Å². The first-order valence-corrected chi connectivity index (χ1v) is 7.42. The lowest BCUT2D eigenvalue weighted by molar-refractivity contribution is -0.147. The monoisotopic (exact) mass is 305 g/mol. The van der Waals surface area contributed by atoms with Gasteiger partial charge in [-0.25, -0.2) is 0 Å². The van der Waals surface area contributed by atoms with E-state index in [4.69, 9.17) is 9.47 Å². The minimum absolute atomic E-state index is 0.166. The SMILES string of the molecule is CC1(C(=O)O)CCN(C(=O)c2ccc3c(c2)OCCCO3)C1. The van der Waals surface area contributed by atoms with E-state index in [1.165, 1.54) is 0 Å². The zero-order valence-electron chi connectivity index (χ0n) is 12.5. The van der Waals surface area contributed by atoms with Crippen molar-refractivity contribution in [2.24, 2.45) is 5.41 Å². The van der Waals surface area contributed by atoms with E-state index in [9.17, 15) is 14.7 Å². The van der Waals surface area contributed by atoms with E-state index in [0.717, 1.165) is 6.42 Å². The normalized spacial score (nSPS) is 24.0. The Bertz CT molecular complexity index is 615. The summed E-state index contributed by atoms with van der Waals surface area (Å²) in [7, 11) is 0. The van der Waals surface area contributed by atoms with Crippen molar-refractivity contribution in [3.8, 4) is 11.5 Å². The van der Waals surface area contributed by atoms with Gasteiger partial charge in [-0.3, -0.25) is 9.59 Å². The van der Waals surface area contributed by atoms with Gasteiger partial charge in [-0.15, -0.1) is 0 Å². The fraction of sp³-hybridized carbons (Fsp3) is 0.500. The second kappa shape index (κ2) is 5.51. The van der Waals surface area contributed by atoms with Gasteiger partial charge < -0.3 is 19.5 Å². The van der Waals surface area contributed by atoms with Crippen LogP contribution in [0.5, 0.6) is 11.5 Å². The van der Waals surface area contributed by atoms with Crippen LogP contribution in [-0.2, 0) is 4.79 Å². The Morgan fingerprint density at radius 2 is 1.95 bits per heavy atom. The Morgan fingerprint density at radius 1 is 1.23 bits per heavy atom. The predicted octanol–water partition coefficient (Wildman–Crippen LogP) is 1.78. The highest BCUT2D eigenvalue weighted by atomic mass is 16.5. The van der Waals surface area contributed by atoms with Crippen molar-refractivity contribution in [1.29, 1.82) is 0 Å². The maximum absolute atomic E-state index is 12.6. The van der Waals surface area contributed by atoms with E-state index in [-0.39, 0.29) is 12.5 Å². The fourth-order valence-corrected chi connectivity index (χ4v) is 2.79. The minimum atomic E-state index is -0.860. The van der Waals surface area contributed by atoms with Crippen LogP contribution in [0.3, 0.4) is 0 Å². The van der Waals surface area contributed by atoms with Crippen LogP contribution in [0.2, 0.25) is 0 Å². The van der Waals surface area contributed by atoms with E-state index in [0.29, 0.717) is 43.2 Å². The van der Waals surface area contributed by atoms with Gasteiger partial charge in [0.15, 0.2) is 11.5 Å². The number of benzene rings is 1. The van der Waals surface area contributed by atoms with Crippen molar-refractivity contribution in [3.05, 3.63) is 23.8 Å². The largest absolute Gasteiger partial charge is 0.490 e. The molecule has 1 saturated heterocycles. The van der Waals surface area contributed by atoms with Crippen molar-refractivity contribution >= 4 is 11.9 Å². The van der Waals surface area contributed by atoms with Gasteiger partial charge >= 0.3 is 5.97 Å². The molecule has 1 aromatic rings. The van der Waals surface area contributed by atoms with E-state index in [1.54, 1.807) is 30.0 Å². The molecule has 0 aliphatic carbocycles. The second-order valence-electron chi connectivity index (χ2n) is 6.05. The Kier molecular flexibility index (Phi) is 3.68. The molecule has 1 N–H and O–H groups in total. The third-order valence-electron chi connectivity index (χ3n) is 4.27. The summed E-state index contributed by atoms with van der Waals surface area (Å²) in [4.78, 5) is 25.4. The number of hydrogen-bond donors (Lipinski definition) is 1. The molecule has 0 spiro atoms. The molecule has 3 rings (SSSR count). The first kappa shape index (κ1) is 14.7. The van der Waals surface area contributed by atoms with Crippen LogP contribution in [-0.4, -0.2) is 48.2 Å². The van der Waals surface area contributed by atoms with Crippen molar-refractivity contribution < 1.29 is 24.2 Å². The molecule has 1 atom stereocenters. The Morgan fingerprint density at radius 3 is 2.64 bits per heavy atom. The fourth-order valence-electron chi connectivity index (χ4n) is 2.79. The Balaban J connectivity index is 1.79. The number of rotatable bonds is 2. The molecule has 0 saturated carbocycles. The van der Waals surface area contributed by atoms with Crippen LogP contribution in [0.15, 0.2) is 18.2 Å². The van der Waals surface area contributed by atoms with Gasteiger partial charge in [0.05, 0.1) is 18.6 Å². The number of aliphatic carboxylic acids is 1. The third kappa shape index (κ3) is 2.61. The molecule has 2 aliphatic heterocycles. The van der Waals surface area contributed by atoms with Gasteiger partial charge in [-0.1, -0.05) is 0 Å². The zero-order valence-corrected chi connectivity index (χ0v) is 12.5. The lowest BCUT2D eigenvalue weighted by Crippen LogP contribution is -2.34. The predicted molar refractivity (Wildman–Crippen MR) is 78.3 cm³/mol. The molecule has 118 valence electrons. The van der Waals surface area contributed by atoms with Gasteiger partial charge in [0.1, 0.15) is 0 Å². The van der Waals surface area contributed by atoms with Crippen molar-refractivity contribution in [1.82, 2.24) is 4.90 Å². The van der Waals surface area contributed by atoms with Gasteiger partial charge in [-0.2, -0.15) is 0 Å². The summed E-state index contributed by atoms with van der Waals surface area (Å²) >= 11 is 0. The smallest absolute Gasteiger partial charge is 0.311 e. The maximum atomic E-state index is 12.6. The van der Waals surface area contributed by atoms with E-state index >= 15 is 0 Å². The number of carboxylic acid groups (broad SMARTS) is 1. The molecule has 0 aromatic heterocycles. The highest BCUT2D eigenvalue weighted by Crippen LogP contribution is 2.34.